The van der Waals surface area contributed by atoms with Gasteiger partial charge in [-0.25, -0.2) is 4.98 Å². The van der Waals surface area contributed by atoms with Crippen LogP contribution in [-0.2, 0) is 13.7 Å². The van der Waals surface area contributed by atoms with Crippen molar-refractivity contribution in [2.24, 2.45) is 7.05 Å². The number of halogens is 1. The maximum absolute atomic E-state index is 6.08. The van der Waals surface area contributed by atoms with Crippen molar-refractivity contribution in [1.29, 1.82) is 0 Å². The van der Waals surface area contributed by atoms with Gasteiger partial charge in [0.25, 0.3) is 0 Å². The van der Waals surface area contributed by atoms with E-state index in [9.17, 15) is 0 Å². The molecule has 1 N–H and O–H groups in total. The molecule has 0 aliphatic heterocycles. The fourth-order valence-electron chi connectivity index (χ4n) is 2.43. The molecule has 130 valence electrons. The highest BCUT2D eigenvalue weighted by Gasteiger charge is 2.22. The van der Waals surface area contributed by atoms with Crippen molar-refractivity contribution in [3.63, 3.8) is 0 Å². The van der Waals surface area contributed by atoms with Crippen LogP contribution in [0.5, 0.6) is 5.88 Å². The predicted octanol–water partition coefficient (Wildman–Crippen LogP) is 3.98. The monoisotopic (exact) mass is 419 g/mol. The number of nitrogens with one attached hydrogen (secondary N) is 1. The molecule has 0 bridgehead atoms. The second-order valence-electron chi connectivity index (χ2n) is 5.23. The first kappa shape index (κ1) is 17.8. The van der Waals surface area contributed by atoms with E-state index in [0.29, 0.717) is 23.5 Å². The van der Waals surface area contributed by atoms with E-state index in [2.05, 4.69) is 36.3 Å². The topological polar surface area (TPSA) is 64.9 Å². The third-order valence-electron chi connectivity index (χ3n) is 3.62. The smallest absolute Gasteiger partial charge is 0.229 e. The zero-order chi connectivity index (χ0) is 17.8. The number of ether oxygens (including phenoxy) is 1. The zero-order valence-electron chi connectivity index (χ0n) is 14.2. The molecular formula is C17H18BrN5OS. The number of rotatable bonds is 6. The Hall–Kier alpha value is -2.06. The Morgan fingerprint density at radius 1 is 1.24 bits per heavy atom. The van der Waals surface area contributed by atoms with Crippen LogP contribution in [0.15, 0.2) is 46.2 Å². The minimum absolute atomic E-state index is 0.428. The van der Waals surface area contributed by atoms with Gasteiger partial charge >= 0.3 is 0 Å². The summed E-state index contributed by atoms with van der Waals surface area (Å²) in [4.78, 5) is 9.14. The zero-order valence-corrected chi connectivity index (χ0v) is 16.6. The molecule has 0 amide bonds. The third kappa shape index (κ3) is 3.80. The SMILES string of the molecule is CNc1nc(SC)nc(OCc2ccccc2)c1-c1c(Br)cnn1C. The van der Waals surface area contributed by atoms with Crippen molar-refractivity contribution < 1.29 is 4.74 Å². The number of anilines is 1. The van der Waals surface area contributed by atoms with Gasteiger partial charge in [0.05, 0.1) is 16.4 Å². The van der Waals surface area contributed by atoms with E-state index < -0.39 is 0 Å². The highest BCUT2D eigenvalue weighted by Crippen LogP contribution is 2.39. The molecule has 1 aromatic carbocycles. The molecule has 0 radical (unpaired) electrons. The van der Waals surface area contributed by atoms with Crippen LogP contribution in [-0.4, -0.2) is 33.1 Å². The fourth-order valence-corrected chi connectivity index (χ4v) is 3.33. The second-order valence-corrected chi connectivity index (χ2v) is 6.86. The molecule has 3 rings (SSSR count). The normalized spacial score (nSPS) is 10.7. The standard InChI is InChI=1S/C17H18BrN5OS/c1-19-15-13(14-12(18)9-20-23(14)2)16(22-17(21-15)25-3)24-10-11-7-5-4-6-8-11/h4-9H,10H2,1-3H3,(H,19,21,22). The van der Waals surface area contributed by atoms with E-state index in [0.717, 1.165) is 21.3 Å². The molecule has 2 heterocycles. The lowest BCUT2D eigenvalue weighted by Crippen LogP contribution is -2.07. The van der Waals surface area contributed by atoms with E-state index in [1.54, 1.807) is 10.9 Å². The molecule has 8 heteroatoms. The highest BCUT2D eigenvalue weighted by atomic mass is 79.9. The molecule has 0 unspecified atom stereocenters. The molecular weight excluding hydrogens is 402 g/mol. The molecule has 3 aromatic rings. The summed E-state index contributed by atoms with van der Waals surface area (Å²) in [7, 11) is 3.71. The first-order valence-corrected chi connectivity index (χ1v) is 9.64. The molecule has 0 aliphatic carbocycles. The Bertz CT molecular complexity index is 849. The van der Waals surface area contributed by atoms with Gasteiger partial charge in [-0.3, -0.25) is 4.68 Å². The van der Waals surface area contributed by atoms with Crippen molar-refractivity contribution in [3.8, 4) is 17.1 Å². The number of nitrogens with zero attached hydrogens (tertiary/aromatic N) is 4. The minimum atomic E-state index is 0.428. The first-order chi connectivity index (χ1) is 12.1. The molecule has 2 aromatic heterocycles. The van der Waals surface area contributed by atoms with Crippen LogP contribution in [0.25, 0.3) is 11.3 Å². The van der Waals surface area contributed by atoms with Gasteiger partial charge < -0.3 is 10.1 Å². The Kier molecular flexibility index (Phi) is 5.60. The van der Waals surface area contributed by atoms with Gasteiger partial charge in [-0.2, -0.15) is 10.1 Å². The number of hydrogen-bond acceptors (Lipinski definition) is 6. The summed E-state index contributed by atoms with van der Waals surface area (Å²) in [6.07, 6.45) is 3.69. The number of thioether (sulfide) groups is 1. The van der Waals surface area contributed by atoms with Gasteiger partial charge in [-0.05, 0) is 27.7 Å². The molecule has 0 fully saturated rings. The van der Waals surface area contributed by atoms with Gasteiger partial charge in [-0.15, -0.1) is 0 Å². The number of benzene rings is 1. The van der Waals surface area contributed by atoms with Crippen molar-refractivity contribution in [2.45, 2.75) is 11.8 Å². The average molecular weight is 420 g/mol. The molecule has 6 nitrogen and oxygen atoms in total. The number of aryl methyl sites for hydroxylation is 1. The van der Waals surface area contributed by atoms with Gasteiger partial charge in [0, 0.05) is 14.1 Å². The maximum Gasteiger partial charge on any atom is 0.229 e. The lowest BCUT2D eigenvalue weighted by atomic mass is 10.2. The molecule has 0 saturated heterocycles. The van der Waals surface area contributed by atoms with E-state index >= 15 is 0 Å². The Morgan fingerprint density at radius 2 is 2.00 bits per heavy atom. The van der Waals surface area contributed by atoms with E-state index in [4.69, 9.17) is 4.74 Å². The van der Waals surface area contributed by atoms with Crippen LogP contribution in [0, 0.1) is 0 Å². The van der Waals surface area contributed by atoms with Crippen LogP contribution in [0.3, 0.4) is 0 Å². The maximum atomic E-state index is 6.08. The summed E-state index contributed by atoms with van der Waals surface area (Å²) in [5, 5.41) is 8.09. The molecule has 0 aliphatic rings. The summed E-state index contributed by atoms with van der Waals surface area (Å²) in [6, 6.07) is 10.0. The second kappa shape index (κ2) is 7.88. The van der Waals surface area contributed by atoms with Crippen molar-refractivity contribution in [1.82, 2.24) is 19.7 Å². The van der Waals surface area contributed by atoms with Crippen LogP contribution in [0.1, 0.15) is 5.56 Å². The largest absolute Gasteiger partial charge is 0.472 e. The molecule has 0 spiro atoms. The van der Waals surface area contributed by atoms with Gasteiger partial charge in [0.15, 0.2) is 5.16 Å². The van der Waals surface area contributed by atoms with E-state index in [1.165, 1.54) is 11.8 Å². The third-order valence-corrected chi connectivity index (χ3v) is 4.75. The minimum Gasteiger partial charge on any atom is -0.472 e. The summed E-state index contributed by atoms with van der Waals surface area (Å²) in [6.45, 7) is 0.428. The number of hydrogen-bond donors (Lipinski definition) is 1. The van der Waals surface area contributed by atoms with E-state index in [1.807, 2.05) is 50.7 Å². The highest BCUT2D eigenvalue weighted by molar-refractivity contribution is 9.10. The quantitative estimate of drug-likeness (QED) is 0.481. The van der Waals surface area contributed by atoms with Crippen LogP contribution in [0.4, 0.5) is 5.82 Å². The van der Waals surface area contributed by atoms with Crippen LogP contribution in [0.2, 0.25) is 0 Å². The Balaban J connectivity index is 2.08. The molecule has 0 atom stereocenters. The van der Waals surface area contributed by atoms with Crippen LogP contribution < -0.4 is 10.1 Å². The van der Waals surface area contributed by atoms with Crippen molar-refractivity contribution in [2.75, 3.05) is 18.6 Å². The predicted molar refractivity (Wildman–Crippen MR) is 104 cm³/mol. The fraction of sp³-hybridized carbons (Fsp3) is 0.235. The van der Waals surface area contributed by atoms with Crippen molar-refractivity contribution in [3.05, 3.63) is 46.6 Å². The van der Waals surface area contributed by atoms with Gasteiger partial charge in [0.1, 0.15) is 18.0 Å². The summed E-state index contributed by atoms with van der Waals surface area (Å²) in [5.74, 6) is 1.23. The molecule has 25 heavy (non-hydrogen) atoms. The number of aromatic nitrogens is 4. The lowest BCUT2D eigenvalue weighted by Gasteiger charge is -2.16. The van der Waals surface area contributed by atoms with Gasteiger partial charge in [-0.1, -0.05) is 42.1 Å². The summed E-state index contributed by atoms with van der Waals surface area (Å²) < 4.78 is 8.71. The Labute approximate surface area is 159 Å². The first-order valence-electron chi connectivity index (χ1n) is 7.62. The summed E-state index contributed by atoms with van der Waals surface area (Å²) >= 11 is 5.03. The molecule has 0 saturated carbocycles. The summed E-state index contributed by atoms with van der Waals surface area (Å²) in [5.41, 5.74) is 2.72. The lowest BCUT2D eigenvalue weighted by molar-refractivity contribution is 0.292. The van der Waals surface area contributed by atoms with Crippen molar-refractivity contribution >= 4 is 33.5 Å². The van der Waals surface area contributed by atoms with Crippen LogP contribution >= 0.6 is 27.7 Å². The average Bonchev–Trinajstić information content (AvgIpc) is 2.98. The van der Waals surface area contributed by atoms with E-state index in [-0.39, 0.29) is 0 Å². The Morgan fingerprint density at radius 3 is 2.60 bits per heavy atom. The van der Waals surface area contributed by atoms with Gasteiger partial charge in [0.2, 0.25) is 5.88 Å².